The lowest BCUT2D eigenvalue weighted by molar-refractivity contribution is 0.0734. The Bertz CT molecular complexity index is 746. The van der Waals surface area contributed by atoms with E-state index >= 15 is 0 Å². The molecule has 0 bridgehead atoms. The number of esters is 1. The highest BCUT2D eigenvalue weighted by Gasteiger charge is 2.09. The number of nitrogens with one attached hydrogen (secondary N) is 1. The lowest BCUT2D eigenvalue weighted by atomic mass is 10.2. The largest absolute Gasteiger partial charge is 0.452 e. The number of rotatable bonds is 4. The molecule has 0 unspecified atom stereocenters. The molecule has 2 aromatic carbocycles. The van der Waals surface area contributed by atoms with Crippen LogP contribution < -0.4 is 10.2 Å². The standard InChI is InChI=1S/C16H13FN2O4/c1-22-16(21)19-18-10-11-4-2-7-14(8-11)23-15(20)12-5-3-6-13(17)9-12/h2-10H,1H3,(H,19,21)/b18-10+. The summed E-state index contributed by atoms with van der Waals surface area (Å²) >= 11 is 0. The molecule has 2 aromatic rings. The van der Waals surface area contributed by atoms with Crippen LogP contribution in [0.3, 0.4) is 0 Å². The van der Waals surface area contributed by atoms with E-state index in [4.69, 9.17) is 4.74 Å². The van der Waals surface area contributed by atoms with Crippen LogP contribution in [0.2, 0.25) is 0 Å². The Morgan fingerprint density at radius 3 is 2.70 bits per heavy atom. The van der Waals surface area contributed by atoms with E-state index < -0.39 is 17.9 Å². The van der Waals surface area contributed by atoms with Gasteiger partial charge in [0.05, 0.1) is 18.9 Å². The number of nitrogens with zero attached hydrogens (tertiary/aromatic N) is 1. The summed E-state index contributed by atoms with van der Waals surface area (Å²) in [4.78, 5) is 22.8. The Labute approximate surface area is 131 Å². The summed E-state index contributed by atoms with van der Waals surface area (Å²) in [6.45, 7) is 0. The van der Waals surface area contributed by atoms with Crippen molar-refractivity contribution < 1.29 is 23.5 Å². The van der Waals surface area contributed by atoms with E-state index in [2.05, 4.69) is 15.3 Å². The van der Waals surface area contributed by atoms with Crippen LogP contribution in [0, 0.1) is 5.82 Å². The Morgan fingerprint density at radius 2 is 1.96 bits per heavy atom. The van der Waals surface area contributed by atoms with Gasteiger partial charge >= 0.3 is 12.1 Å². The molecule has 0 saturated heterocycles. The number of methoxy groups -OCH3 is 1. The molecule has 23 heavy (non-hydrogen) atoms. The van der Waals surface area contributed by atoms with Crippen molar-refractivity contribution in [3.8, 4) is 5.75 Å². The van der Waals surface area contributed by atoms with Gasteiger partial charge in [-0.3, -0.25) is 0 Å². The zero-order valence-electron chi connectivity index (χ0n) is 12.2. The van der Waals surface area contributed by atoms with E-state index in [0.717, 1.165) is 6.07 Å². The summed E-state index contributed by atoms with van der Waals surface area (Å²) in [6, 6.07) is 11.7. The number of carbonyl (C=O) groups excluding carboxylic acids is 2. The van der Waals surface area contributed by atoms with Gasteiger partial charge in [0, 0.05) is 0 Å². The van der Waals surface area contributed by atoms with E-state index in [1.807, 2.05) is 0 Å². The highest BCUT2D eigenvalue weighted by atomic mass is 19.1. The molecule has 0 aliphatic carbocycles. The van der Waals surface area contributed by atoms with Crippen molar-refractivity contribution >= 4 is 18.3 Å². The average Bonchev–Trinajstić information content (AvgIpc) is 2.55. The number of hydrogen-bond acceptors (Lipinski definition) is 5. The van der Waals surface area contributed by atoms with Crippen LogP contribution in [0.5, 0.6) is 5.75 Å². The highest BCUT2D eigenvalue weighted by molar-refractivity contribution is 5.91. The third kappa shape index (κ3) is 4.92. The summed E-state index contributed by atoms with van der Waals surface area (Å²) in [7, 11) is 1.22. The van der Waals surface area contributed by atoms with Gasteiger partial charge in [0.2, 0.25) is 0 Å². The molecule has 2 rings (SSSR count). The second-order valence-electron chi connectivity index (χ2n) is 4.33. The van der Waals surface area contributed by atoms with Gasteiger partial charge in [0.25, 0.3) is 0 Å². The number of halogens is 1. The van der Waals surface area contributed by atoms with Gasteiger partial charge in [0.15, 0.2) is 0 Å². The molecule has 0 atom stereocenters. The van der Waals surface area contributed by atoms with E-state index in [1.54, 1.807) is 24.3 Å². The molecule has 7 heteroatoms. The molecule has 0 aromatic heterocycles. The fourth-order valence-corrected chi connectivity index (χ4v) is 1.64. The summed E-state index contributed by atoms with van der Waals surface area (Å²) in [5.74, 6) is -0.929. The van der Waals surface area contributed by atoms with Crippen molar-refractivity contribution in [3.05, 3.63) is 65.5 Å². The van der Waals surface area contributed by atoms with Crippen LogP contribution in [-0.2, 0) is 4.74 Å². The maximum absolute atomic E-state index is 13.1. The molecular formula is C16H13FN2O4. The minimum absolute atomic E-state index is 0.108. The zero-order chi connectivity index (χ0) is 16.7. The normalized spacial score (nSPS) is 10.3. The highest BCUT2D eigenvalue weighted by Crippen LogP contribution is 2.15. The lowest BCUT2D eigenvalue weighted by Gasteiger charge is -2.05. The predicted molar refractivity (Wildman–Crippen MR) is 80.9 cm³/mol. The number of ether oxygens (including phenoxy) is 2. The van der Waals surface area contributed by atoms with Crippen LogP contribution in [-0.4, -0.2) is 25.4 Å². The van der Waals surface area contributed by atoms with Gasteiger partial charge in [0.1, 0.15) is 11.6 Å². The van der Waals surface area contributed by atoms with Crippen molar-refractivity contribution in [2.75, 3.05) is 7.11 Å². The third-order valence-electron chi connectivity index (χ3n) is 2.68. The molecule has 0 saturated carbocycles. The van der Waals surface area contributed by atoms with Crippen LogP contribution >= 0.6 is 0 Å². The Kier molecular flexibility index (Phi) is 5.40. The van der Waals surface area contributed by atoms with Gasteiger partial charge in [-0.05, 0) is 35.9 Å². The first-order chi connectivity index (χ1) is 11.1. The monoisotopic (exact) mass is 316 g/mol. The van der Waals surface area contributed by atoms with E-state index in [-0.39, 0.29) is 11.3 Å². The molecule has 0 aliphatic rings. The first kappa shape index (κ1) is 16.2. The molecular weight excluding hydrogens is 303 g/mol. The predicted octanol–water partition coefficient (Wildman–Crippen LogP) is 2.73. The summed E-state index contributed by atoms with van der Waals surface area (Å²) in [5, 5.41) is 3.66. The first-order valence-corrected chi connectivity index (χ1v) is 6.53. The van der Waals surface area contributed by atoms with E-state index in [1.165, 1.54) is 31.5 Å². The molecule has 0 fully saturated rings. The smallest absolute Gasteiger partial charge is 0.427 e. The van der Waals surface area contributed by atoms with Crippen molar-refractivity contribution in [3.63, 3.8) is 0 Å². The van der Waals surface area contributed by atoms with Gasteiger partial charge in [-0.2, -0.15) is 5.10 Å². The van der Waals surface area contributed by atoms with Gasteiger partial charge in [-0.25, -0.2) is 19.4 Å². The maximum atomic E-state index is 13.1. The molecule has 6 nitrogen and oxygen atoms in total. The van der Waals surface area contributed by atoms with Gasteiger partial charge in [-0.15, -0.1) is 0 Å². The fourth-order valence-electron chi connectivity index (χ4n) is 1.64. The molecule has 118 valence electrons. The molecule has 0 spiro atoms. The quantitative estimate of drug-likeness (QED) is 0.407. The second kappa shape index (κ2) is 7.69. The zero-order valence-corrected chi connectivity index (χ0v) is 12.2. The van der Waals surface area contributed by atoms with Crippen LogP contribution in [0.1, 0.15) is 15.9 Å². The Morgan fingerprint density at radius 1 is 1.17 bits per heavy atom. The van der Waals surface area contributed by atoms with E-state index in [9.17, 15) is 14.0 Å². The summed E-state index contributed by atoms with van der Waals surface area (Å²) < 4.78 is 22.6. The first-order valence-electron chi connectivity index (χ1n) is 6.53. The number of hydrogen-bond donors (Lipinski definition) is 1. The summed E-state index contributed by atoms with van der Waals surface area (Å²) in [5.41, 5.74) is 2.83. The molecule has 1 amide bonds. The van der Waals surface area contributed by atoms with Crippen LogP contribution in [0.4, 0.5) is 9.18 Å². The molecule has 0 heterocycles. The average molecular weight is 316 g/mol. The summed E-state index contributed by atoms with van der Waals surface area (Å²) in [6.07, 6.45) is 0.658. The van der Waals surface area contributed by atoms with Gasteiger partial charge < -0.3 is 9.47 Å². The maximum Gasteiger partial charge on any atom is 0.427 e. The number of carbonyl (C=O) groups is 2. The van der Waals surface area contributed by atoms with Crippen molar-refractivity contribution in [2.24, 2.45) is 5.10 Å². The Balaban J connectivity index is 2.05. The fraction of sp³-hybridized carbons (Fsp3) is 0.0625. The Hall–Kier alpha value is -3.22. The number of amides is 1. The number of hydrazone groups is 1. The minimum atomic E-state index is -0.699. The van der Waals surface area contributed by atoms with Gasteiger partial charge in [-0.1, -0.05) is 18.2 Å². The third-order valence-corrected chi connectivity index (χ3v) is 2.68. The van der Waals surface area contributed by atoms with Crippen molar-refractivity contribution in [1.29, 1.82) is 0 Å². The molecule has 0 aliphatic heterocycles. The topological polar surface area (TPSA) is 77.0 Å². The molecule has 0 radical (unpaired) electrons. The van der Waals surface area contributed by atoms with Crippen molar-refractivity contribution in [2.45, 2.75) is 0 Å². The minimum Gasteiger partial charge on any atom is -0.452 e. The van der Waals surface area contributed by atoms with Crippen LogP contribution in [0.15, 0.2) is 53.6 Å². The molecule has 1 N–H and O–H groups in total. The lowest BCUT2D eigenvalue weighted by Crippen LogP contribution is -2.16. The van der Waals surface area contributed by atoms with E-state index in [0.29, 0.717) is 5.56 Å². The second-order valence-corrected chi connectivity index (χ2v) is 4.33. The SMILES string of the molecule is COC(=O)N/N=C/c1cccc(OC(=O)c2cccc(F)c2)c1. The van der Waals surface area contributed by atoms with Crippen molar-refractivity contribution in [1.82, 2.24) is 5.43 Å². The van der Waals surface area contributed by atoms with Crippen LogP contribution in [0.25, 0.3) is 0 Å². The number of benzene rings is 2.